The maximum absolute atomic E-state index is 14.5. The van der Waals surface area contributed by atoms with Gasteiger partial charge in [0.25, 0.3) is 0 Å². The molecule has 1 aromatic heterocycles. The Labute approximate surface area is 83.6 Å². The molecule has 0 aliphatic carbocycles. The largest absolute Gasteiger partial charge is 0.316 e. The summed E-state index contributed by atoms with van der Waals surface area (Å²) < 4.78 is 14.5. The van der Waals surface area contributed by atoms with Crippen LogP contribution in [0.4, 0.5) is 4.39 Å². The highest BCUT2D eigenvalue weighted by atomic mass is 19.1. The van der Waals surface area contributed by atoms with Crippen LogP contribution in [0.15, 0.2) is 18.3 Å². The molecule has 0 radical (unpaired) electrons. The highest BCUT2D eigenvalue weighted by molar-refractivity contribution is 5.24. The number of rotatable bonds is 1. The molecule has 2 nitrogen and oxygen atoms in total. The second kappa shape index (κ2) is 3.65. The highest BCUT2D eigenvalue weighted by Crippen LogP contribution is 2.34. The topological polar surface area (TPSA) is 24.9 Å². The first kappa shape index (κ1) is 9.59. The van der Waals surface area contributed by atoms with Crippen molar-refractivity contribution in [3.63, 3.8) is 0 Å². The maximum Gasteiger partial charge on any atom is 0.155 e. The van der Waals surface area contributed by atoms with Gasteiger partial charge in [-0.1, -0.05) is 6.07 Å². The number of nitrogens with zero attached hydrogens (tertiary/aromatic N) is 1. The highest BCUT2D eigenvalue weighted by Gasteiger charge is 2.35. The van der Waals surface area contributed by atoms with Crippen LogP contribution in [-0.2, 0) is 5.67 Å². The SMILES string of the molecule is Cc1cccnc1C1(F)CCNCC1. The molecule has 1 saturated heterocycles. The van der Waals surface area contributed by atoms with Crippen LogP contribution < -0.4 is 5.32 Å². The number of aromatic nitrogens is 1. The molecule has 1 aromatic rings. The maximum atomic E-state index is 14.5. The van der Waals surface area contributed by atoms with Gasteiger partial charge in [-0.25, -0.2) is 4.39 Å². The molecule has 1 aliphatic rings. The van der Waals surface area contributed by atoms with Crippen LogP contribution in [0.3, 0.4) is 0 Å². The van der Waals surface area contributed by atoms with E-state index in [1.807, 2.05) is 19.1 Å². The molecule has 3 heteroatoms. The van der Waals surface area contributed by atoms with Crippen molar-refractivity contribution >= 4 is 0 Å². The van der Waals surface area contributed by atoms with Gasteiger partial charge in [0.1, 0.15) is 0 Å². The lowest BCUT2D eigenvalue weighted by atomic mass is 9.88. The predicted octanol–water partition coefficient (Wildman–Crippen LogP) is 1.94. The summed E-state index contributed by atoms with van der Waals surface area (Å²) in [4.78, 5) is 4.17. The first-order chi connectivity index (χ1) is 6.72. The van der Waals surface area contributed by atoms with Gasteiger partial charge in [-0.3, -0.25) is 4.98 Å². The number of piperidine rings is 1. The Kier molecular flexibility index (Phi) is 2.50. The molecule has 2 rings (SSSR count). The van der Waals surface area contributed by atoms with E-state index in [0.29, 0.717) is 18.5 Å². The van der Waals surface area contributed by atoms with Crippen molar-refractivity contribution in [2.45, 2.75) is 25.4 Å². The van der Waals surface area contributed by atoms with E-state index in [9.17, 15) is 4.39 Å². The fourth-order valence-corrected chi connectivity index (χ4v) is 2.01. The van der Waals surface area contributed by atoms with Crippen LogP contribution in [0, 0.1) is 6.92 Å². The third kappa shape index (κ3) is 1.64. The minimum Gasteiger partial charge on any atom is -0.316 e. The van der Waals surface area contributed by atoms with Crippen LogP contribution in [0.5, 0.6) is 0 Å². The Morgan fingerprint density at radius 2 is 2.14 bits per heavy atom. The Morgan fingerprint density at radius 1 is 1.43 bits per heavy atom. The summed E-state index contributed by atoms with van der Waals surface area (Å²) in [6.07, 6.45) is 2.74. The molecule has 1 aliphatic heterocycles. The standard InChI is InChI=1S/C11H15FN2/c1-9-3-2-6-14-10(9)11(12)4-7-13-8-5-11/h2-3,6,13H,4-5,7-8H2,1H3. The zero-order chi connectivity index (χ0) is 10.0. The van der Waals surface area contributed by atoms with Crippen molar-refractivity contribution in [3.05, 3.63) is 29.6 Å². The summed E-state index contributed by atoms with van der Waals surface area (Å²) >= 11 is 0. The second-order valence-electron chi connectivity index (χ2n) is 3.88. The van der Waals surface area contributed by atoms with E-state index in [1.54, 1.807) is 6.20 Å². The summed E-state index contributed by atoms with van der Waals surface area (Å²) in [5, 5.41) is 3.16. The number of aryl methyl sites for hydroxylation is 1. The van der Waals surface area contributed by atoms with Crippen molar-refractivity contribution < 1.29 is 4.39 Å². The Hall–Kier alpha value is -0.960. The summed E-state index contributed by atoms with van der Waals surface area (Å²) in [5.74, 6) is 0. The zero-order valence-electron chi connectivity index (χ0n) is 8.39. The average Bonchev–Trinajstić information content (AvgIpc) is 2.19. The molecule has 2 heterocycles. The van der Waals surface area contributed by atoms with Crippen molar-refractivity contribution in [2.75, 3.05) is 13.1 Å². The van der Waals surface area contributed by atoms with Gasteiger partial charge in [0.2, 0.25) is 0 Å². The average molecular weight is 194 g/mol. The van der Waals surface area contributed by atoms with Gasteiger partial charge >= 0.3 is 0 Å². The van der Waals surface area contributed by atoms with E-state index in [4.69, 9.17) is 0 Å². The monoisotopic (exact) mass is 194 g/mol. The number of hydrogen-bond donors (Lipinski definition) is 1. The van der Waals surface area contributed by atoms with E-state index in [2.05, 4.69) is 10.3 Å². The summed E-state index contributed by atoms with van der Waals surface area (Å²) in [6, 6.07) is 3.77. The Bertz CT molecular complexity index is 319. The number of nitrogens with one attached hydrogen (secondary N) is 1. The smallest absolute Gasteiger partial charge is 0.155 e. The summed E-state index contributed by atoms with van der Waals surface area (Å²) in [7, 11) is 0. The predicted molar refractivity (Wildman–Crippen MR) is 53.9 cm³/mol. The van der Waals surface area contributed by atoms with Gasteiger partial charge < -0.3 is 5.32 Å². The fraction of sp³-hybridized carbons (Fsp3) is 0.545. The van der Waals surface area contributed by atoms with Gasteiger partial charge in [-0.05, 0) is 44.5 Å². The van der Waals surface area contributed by atoms with Crippen LogP contribution >= 0.6 is 0 Å². The Balaban J connectivity index is 2.32. The molecule has 76 valence electrons. The molecular formula is C11H15FN2. The molecule has 0 spiro atoms. The second-order valence-corrected chi connectivity index (χ2v) is 3.88. The van der Waals surface area contributed by atoms with E-state index in [-0.39, 0.29) is 0 Å². The number of hydrogen-bond acceptors (Lipinski definition) is 2. The molecular weight excluding hydrogens is 179 g/mol. The normalized spacial score (nSPS) is 20.7. The van der Waals surface area contributed by atoms with Gasteiger partial charge in [0.05, 0.1) is 5.69 Å². The zero-order valence-corrected chi connectivity index (χ0v) is 8.39. The van der Waals surface area contributed by atoms with Gasteiger partial charge in [-0.2, -0.15) is 0 Å². The first-order valence-corrected chi connectivity index (χ1v) is 5.04. The molecule has 0 aromatic carbocycles. The van der Waals surface area contributed by atoms with Crippen LogP contribution in [0.2, 0.25) is 0 Å². The number of alkyl halides is 1. The molecule has 14 heavy (non-hydrogen) atoms. The molecule has 0 amide bonds. The number of halogens is 1. The minimum atomic E-state index is -1.21. The molecule has 0 bridgehead atoms. The van der Waals surface area contributed by atoms with E-state index >= 15 is 0 Å². The molecule has 0 unspecified atom stereocenters. The first-order valence-electron chi connectivity index (χ1n) is 5.04. The fourth-order valence-electron chi connectivity index (χ4n) is 2.01. The van der Waals surface area contributed by atoms with Gasteiger partial charge in [0, 0.05) is 6.20 Å². The third-order valence-electron chi connectivity index (χ3n) is 2.83. The van der Waals surface area contributed by atoms with Gasteiger partial charge in [0.15, 0.2) is 5.67 Å². The molecule has 1 fully saturated rings. The molecule has 0 atom stereocenters. The molecule has 0 saturated carbocycles. The van der Waals surface area contributed by atoms with Crippen molar-refractivity contribution in [1.82, 2.24) is 10.3 Å². The van der Waals surface area contributed by atoms with Crippen LogP contribution in [0.25, 0.3) is 0 Å². The third-order valence-corrected chi connectivity index (χ3v) is 2.83. The van der Waals surface area contributed by atoms with E-state index < -0.39 is 5.67 Å². The van der Waals surface area contributed by atoms with Crippen LogP contribution in [0.1, 0.15) is 24.1 Å². The van der Waals surface area contributed by atoms with Gasteiger partial charge in [-0.15, -0.1) is 0 Å². The van der Waals surface area contributed by atoms with E-state index in [1.165, 1.54) is 0 Å². The molecule has 1 N–H and O–H groups in total. The minimum absolute atomic E-state index is 0.533. The van der Waals surface area contributed by atoms with Crippen molar-refractivity contribution in [2.24, 2.45) is 0 Å². The number of pyridine rings is 1. The van der Waals surface area contributed by atoms with Crippen molar-refractivity contribution in [3.8, 4) is 0 Å². The lowest BCUT2D eigenvalue weighted by Crippen LogP contribution is -2.37. The Morgan fingerprint density at radius 3 is 2.79 bits per heavy atom. The summed E-state index contributed by atoms with van der Waals surface area (Å²) in [5.41, 5.74) is 0.370. The summed E-state index contributed by atoms with van der Waals surface area (Å²) in [6.45, 7) is 3.41. The van der Waals surface area contributed by atoms with Crippen LogP contribution in [-0.4, -0.2) is 18.1 Å². The lowest BCUT2D eigenvalue weighted by molar-refractivity contribution is 0.109. The quantitative estimate of drug-likeness (QED) is 0.739. The lowest BCUT2D eigenvalue weighted by Gasteiger charge is -2.30. The van der Waals surface area contributed by atoms with E-state index in [0.717, 1.165) is 18.7 Å². The van der Waals surface area contributed by atoms with Crippen molar-refractivity contribution in [1.29, 1.82) is 0 Å².